The van der Waals surface area contributed by atoms with Gasteiger partial charge in [0.05, 0.1) is 19.1 Å². The summed E-state index contributed by atoms with van der Waals surface area (Å²) in [4.78, 5) is 46.3. The van der Waals surface area contributed by atoms with Crippen LogP contribution < -0.4 is 5.32 Å². The number of allylic oxidation sites excluding steroid dienone is 2. The number of ether oxygens (including phenoxy) is 1. The fourth-order valence-electron chi connectivity index (χ4n) is 4.50. The summed E-state index contributed by atoms with van der Waals surface area (Å²) in [5.74, 6) is 1.78. The molecule has 1 N–H and O–H groups in total. The van der Waals surface area contributed by atoms with E-state index in [1.54, 1.807) is 18.7 Å². The molecule has 3 atom stereocenters. The van der Waals surface area contributed by atoms with E-state index >= 15 is 0 Å². The Hall–Kier alpha value is -1.75. The minimum absolute atomic E-state index is 0.0508. The lowest BCUT2D eigenvalue weighted by Crippen LogP contribution is -2.31. The van der Waals surface area contributed by atoms with Gasteiger partial charge in [0.2, 0.25) is 5.91 Å². The Labute approximate surface area is 278 Å². The van der Waals surface area contributed by atoms with Crippen LogP contribution in [-0.2, 0) is 25.7 Å². The Morgan fingerprint density at radius 1 is 1.20 bits per heavy atom. The van der Waals surface area contributed by atoms with Gasteiger partial charge in [0.15, 0.2) is 10.9 Å². The van der Waals surface area contributed by atoms with E-state index in [1.165, 1.54) is 47.9 Å². The van der Waals surface area contributed by atoms with Crippen LogP contribution in [-0.4, -0.2) is 56.6 Å². The molecule has 1 aromatic heterocycles. The second-order valence-electron chi connectivity index (χ2n) is 11.9. The van der Waals surface area contributed by atoms with Crippen LogP contribution in [0.5, 0.6) is 0 Å². The molecule has 0 saturated heterocycles. The van der Waals surface area contributed by atoms with Crippen molar-refractivity contribution in [2.24, 2.45) is 10.9 Å². The third kappa shape index (κ3) is 15.0. The van der Waals surface area contributed by atoms with E-state index in [0.29, 0.717) is 31.2 Å². The summed E-state index contributed by atoms with van der Waals surface area (Å²) in [6.07, 6.45) is 13.9. The highest BCUT2D eigenvalue weighted by atomic mass is 32.2. The predicted octanol–water partition coefficient (Wildman–Crippen LogP) is 8.32. The lowest BCUT2D eigenvalue weighted by molar-refractivity contribution is -0.123. The molecule has 0 spiro atoms. The molecule has 44 heavy (non-hydrogen) atoms. The van der Waals surface area contributed by atoms with Gasteiger partial charge in [-0.2, -0.15) is 0 Å². The van der Waals surface area contributed by atoms with Gasteiger partial charge in [0.1, 0.15) is 21.3 Å². The van der Waals surface area contributed by atoms with E-state index in [9.17, 15) is 14.4 Å². The van der Waals surface area contributed by atoms with E-state index in [1.807, 2.05) is 24.5 Å². The zero-order valence-electron chi connectivity index (χ0n) is 27.5. The first-order valence-corrected chi connectivity index (χ1v) is 19.0. The molecule has 0 fully saturated rings. The molecule has 0 radical (unpaired) electrons. The van der Waals surface area contributed by atoms with E-state index in [4.69, 9.17) is 4.74 Å². The minimum Gasteiger partial charge on any atom is -0.374 e. The van der Waals surface area contributed by atoms with Gasteiger partial charge in [-0.25, -0.2) is 4.98 Å². The van der Waals surface area contributed by atoms with Crippen LogP contribution in [0.3, 0.4) is 0 Å². The van der Waals surface area contributed by atoms with Gasteiger partial charge in [0.25, 0.3) is 0 Å². The Morgan fingerprint density at radius 2 is 1.98 bits per heavy atom. The molecular formula is C34H53N3O4S3. The predicted molar refractivity (Wildman–Crippen MR) is 189 cm³/mol. The fourth-order valence-corrected chi connectivity index (χ4v) is 7.27. The zero-order chi connectivity index (χ0) is 32.4. The number of aromatic nitrogens is 1. The molecule has 0 bridgehead atoms. The van der Waals surface area contributed by atoms with Gasteiger partial charge >= 0.3 is 0 Å². The van der Waals surface area contributed by atoms with Gasteiger partial charge in [0, 0.05) is 29.9 Å². The Morgan fingerprint density at radius 3 is 2.68 bits per heavy atom. The highest BCUT2D eigenvalue weighted by Gasteiger charge is 2.36. The van der Waals surface area contributed by atoms with Gasteiger partial charge in [-0.15, -0.1) is 23.1 Å². The van der Waals surface area contributed by atoms with Crippen LogP contribution in [0.15, 0.2) is 34.7 Å². The molecular weight excluding hydrogens is 611 g/mol. The zero-order valence-corrected chi connectivity index (χ0v) is 29.9. The number of nitrogens with one attached hydrogen (secondary N) is 1. The van der Waals surface area contributed by atoms with Crippen molar-refractivity contribution in [3.8, 4) is 0 Å². The summed E-state index contributed by atoms with van der Waals surface area (Å²) in [6.45, 7) is 15.0. The second kappa shape index (κ2) is 21.1. The summed E-state index contributed by atoms with van der Waals surface area (Å²) in [5, 5.41) is 6.74. The molecule has 1 aliphatic heterocycles. The van der Waals surface area contributed by atoms with Crippen LogP contribution in [0.2, 0.25) is 0 Å². The average Bonchev–Trinajstić information content (AvgIpc) is 3.63. The highest BCUT2D eigenvalue weighted by Crippen LogP contribution is 2.32. The van der Waals surface area contributed by atoms with Crippen molar-refractivity contribution in [2.45, 2.75) is 123 Å². The number of aliphatic imine (C=N–C) groups is 1. The van der Waals surface area contributed by atoms with Gasteiger partial charge in [-0.3, -0.25) is 19.4 Å². The summed E-state index contributed by atoms with van der Waals surface area (Å²) in [5.41, 5.74) is 1.31. The summed E-state index contributed by atoms with van der Waals surface area (Å²) in [7, 11) is 0. The Kier molecular flexibility index (Phi) is 18.4. The molecule has 1 aromatic rings. The number of hydrogen-bond donors (Lipinski definition) is 1. The first kappa shape index (κ1) is 38.4. The first-order valence-electron chi connectivity index (χ1n) is 16.1. The maximum absolute atomic E-state index is 12.9. The molecule has 10 heteroatoms. The standard InChI is InChI=1S/C34H53N3O4S3/c1-7-9-10-11-12-16-32(40)42-19-14-13-15-28(41-18-17-26(4)20-25(3)8-2)21-30(39)35-22-31-36-29(23-43-31)33-37-34(6,24-44-33)27(5)38/h13,15,23,26,28H,3,7-12,14,16-22,24H2,1-2,4-6H3,(H,35,39). The first-order chi connectivity index (χ1) is 21.1. The average molecular weight is 664 g/mol. The molecule has 2 rings (SSSR count). The molecule has 7 nitrogen and oxygen atoms in total. The van der Waals surface area contributed by atoms with Crippen molar-refractivity contribution < 1.29 is 19.1 Å². The SMILES string of the molecule is C=C(CC)CC(C)CCOC(C=CCCSC(=O)CCCCCCC)CC(=O)NCc1nc(C2=NC(C)(C(C)=O)CS2)cs1. The van der Waals surface area contributed by atoms with Crippen LogP contribution in [0, 0.1) is 5.92 Å². The number of amides is 1. The number of nitrogens with zero attached hydrogens (tertiary/aromatic N) is 2. The summed E-state index contributed by atoms with van der Waals surface area (Å²) in [6, 6.07) is 0. The molecule has 246 valence electrons. The lowest BCUT2D eigenvalue weighted by Gasteiger charge is -2.17. The van der Waals surface area contributed by atoms with Crippen molar-refractivity contribution in [1.82, 2.24) is 10.3 Å². The molecule has 1 amide bonds. The van der Waals surface area contributed by atoms with E-state index < -0.39 is 5.54 Å². The fraction of sp³-hybridized carbons (Fsp3) is 0.676. The van der Waals surface area contributed by atoms with Crippen molar-refractivity contribution in [3.63, 3.8) is 0 Å². The van der Waals surface area contributed by atoms with Gasteiger partial charge in [-0.05, 0) is 51.9 Å². The number of unbranched alkanes of at least 4 members (excludes halogenated alkanes) is 4. The third-order valence-electron chi connectivity index (χ3n) is 7.65. The largest absolute Gasteiger partial charge is 0.374 e. The monoisotopic (exact) mass is 663 g/mol. The number of Topliss-reactive ketones (excluding diaryl/α,β-unsaturated/α-hetero) is 1. The van der Waals surface area contributed by atoms with E-state index in [2.05, 4.69) is 42.6 Å². The van der Waals surface area contributed by atoms with E-state index in [-0.39, 0.29) is 29.3 Å². The molecule has 0 aromatic carbocycles. The molecule has 3 unspecified atom stereocenters. The van der Waals surface area contributed by atoms with Crippen molar-refractivity contribution in [3.05, 3.63) is 40.4 Å². The highest BCUT2D eigenvalue weighted by molar-refractivity contribution is 8.14. The van der Waals surface area contributed by atoms with Crippen LogP contribution in [0.1, 0.15) is 116 Å². The summed E-state index contributed by atoms with van der Waals surface area (Å²) >= 11 is 4.42. The number of carbonyl (C=O) groups is 3. The number of rotatable bonds is 23. The normalized spacial score (nSPS) is 17.9. The number of thiazole rings is 1. The molecule has 0 aliphatic carbocycles. The number of carbonyl (C=O) groups excluding carboxylic acids is 3. The Balaban J connectivity index is 1.84. The summed E-state index contributed by atoms with van der Waals surface area (Å²) < 4.78 is 6.16. The molecule has 1 aliphatic rings. The number of thioether (sulfide) groups is 2. The van der Waals surface area contributed by atoms with Crippen LogP contribution >= 0.6 is 34.9 Å². The second-order valence-corrected chi connectivity index (χ2v) is 14.9. The molecule has 0 saturated carbocycles. The molecule has 2 heterocycles. The smallest absolute Gasteiger partial charge is 0.223 e. The van der Waals surface area contributed by atoms with Crippen molar-refractivity contribution >= 4 is 56.7 Å². The minimum atomic E-state index is -0.690. The number of ketones is 1. The van der Waals surface area contributed by atoms with Crippen molar-refractivity contribution in [1.29, 1.82) is 0 Å². The van der Waals surface area contributed by atoms with Gasteiger partial charge in [-0.1, -0.05) is 82.5 Å². The van der Waals surface area contributed by atoms with Crippen molar-refractivity contribution in [2.75, 3.05) is 18.1 Å². The van der Waals surface area contributed by atoms with Gasteiger partial charge < -0.3 is 10.1 Å². The van der Waals surface area contributed by atoms with Crippen LogP contribution in [0.4, 0.5) is 0 Å². The Bertz CT molecular complexity index is 1130. The maximum atomic E-state index is 12.9. The van der Waals surface area contributed by atoms with Crippen LogP contribution in [0.25, 0.3) is 0 Å². The maximum Gasteiger partial charge on any atom is 0.223 e. The number of hydrogen-bond acceptors (Lipinski definition) is 9. The quantitative estimate of drug-likeness (QED) is 0.0929. The topological polar surface area (TPSA) is 97.7 Å². The lowest BCUT2D eigenvalue weighted by atomic mass is 9.98. The third-order valence-corrected chi connectivity index (χ3v) is 10.7. The van der Waals surface area contributed by atoms with E-state index in [0.717, 1.165) is 60.0 Å².